The lowest BCUT2D eigenvalue weighted by Gasteiger charge is -2.19. The number of carbonyl (C=O) groups is 4. The van der Waals surface area contributed by atoms with Gasteiger partial charge in [0.25, 0.3) is 11.5 Å². The van der Waals surface area contributed by atoms with Gasteiger partial charge >= 0.3 is 18.4 Å². The summed E-state index contributed by atoms with van der Waals surface area (Å²) in [4.78, 5) is 68.8. The zero-order chi connectivity index (χ0) is 34.3. The third-order valence-electron chi connectivity index (χ3n) is 6.57. The molecule has 0 saturated carbocycles. The lowest BCUT2D eigenvalue weighted by molar-refractivity contribution is -0.134. The number of rotatable bonds is 11. The van der Waals surface area contributed by atoms with Crippen molar-refractivity contribution in [3.63, 3.8) is 0 Å². The fourth-order valence-corrected chi connectivity index (χ4v) is 4.33. The molecule has 2 heterocycles. The molecule has 17 heteroatoms. The van der Waals surface area contributed by atoms with Gasteiger partial charge in [0.15, 0.2) is 11.9 Å². The topological polar surface area (TPSA) is 156 Å². The third-order valence-corrected chi connectivity index (χ3v) is 6.57. The van der Waals surface area contributed by atoms with E-state index in [0.717, 1.165) is 27.8 Å². The highest BCUT2D eigenvalue weighted by Gasteiger charge is 2.29. The molecule has 0 aliphatic rings. The largest absolute Gasteiger partial charge is 0.464 e. The Labute approximate surface area is 259 Å². The second-order valence-electron chi connectivity index (χ2n) is 10.5. The predicted molar refractivity (Wildman–Crippen MR) is 157 cm³/mol. The molecule has 46 heavy (non-hydrogen) atoms. The maximum absolute atomic E-state index is 14.3. The summed E-state index contributed by atoms with van der Waals surface area (Å²) in [7, 11) is 5.90. The van der Waals surface area contributed by atoms with Crippen LogP contribution in [0.2, 0.25) is 0 Å². The smallest absolute Gasteiger partial charge is 0.416 e. The van der Waals surface area contributed by atoms with Crippen molar-refractivity contribution in [2.75, 3.05) is 33.5 Å². The quantitative estimate of drug-likeness (QED) is 0.234. The fourth-order valence-electron chi connectivity index (χ4n) is 4.33. The van der Waals surface area contributed by atoms with Crippen LogP contribution in [-0.4, -0.2) is 93.5 Å². The summed E-state index contributed by atoms with van der Waals surface area (Å²) in [6.45, 7) is -0.449. The Morgan fingerprint density at radius 3 is 2.41 bits per heavy atom. The number of hydrogen-bond acceptors (Lipinski definition) is 7. The van der Waals surface area contributed by atoms with Crippen molar-refractivity contribution >= 4 is 40.7 Å². The van der Waals surface area contributed by atoms with Gasteiger partial charge < -0.3 is 29.5 Å². The maximum Gasteiger partial charge on any atom is 0.416 e. The van der Waals surface area contributed by atoms with E-state index in [1.165, 1.54) is 43.4 Å². The van der Waals surface area contributed by atoms with E-state index in [2.05, 4.69) is 10.3 Å². The minimum absolute atomic E-state index is 0.0112. The first-order valence-electron chi connectivity index (χ1n) is 13.7. The van der Waals surface area contributed by atoms with Gasteiger partial charge in [0, 0.05) is 52.4 Å². The van der Waals surface area contributed by atoms with Crippen LogP contribution < -0.4 is 10.9 Å². The Morgan fingerprint density at radius 2 is 1.80 bits per heavy atom. The molecule has 3 amide bonds. The predicted octanol–water partition coefficient (Wildman–Crippen LogP) is 3.84. The number of halogens is 4. The number of alkyl halides is 3. The number of allylic oxidation sites excluding steroid dienone is 1. The van der Waals surface area contributed by atoms with Crippen molar-refractivity contribution in [1.29, 1.82) is 0 Å². The average molecular weight is 653 g/mol. The monoisotopic (exact) mass is 652 g/mol. The van der Waals surface area contributed by atoms with Crippen LogP contribution in [0, 0.1) is 5.82 Å². The number of carboxylic acid groups (broad SMARTS) is 1. The highest BCUT2D eigenvalue weighted by atomic mass is 19.4. The molecule has 0 radical (unpaired) electrons. The van der Waals surface area contributed by atoms with Gasteiger partial charge in [-0.05, 0) is 49.1 Å². The maximum atomic E-state index is 14.3. The molecule has 1 atom stereocenters. The average Bonchev–Trinajstić information content (AvgIpc) is 3.32. The highest BCUT2D eigenvalue weighted by molar-refractivity contribution is 5.94. The van der Waals surface area contributed by atoms with Crippen LogP contribution in [0.25, 0.3) is 10.9 Å². The number of nitrogens with one attached hydrogen (secondary N) is 1. The lowest BCUT2D eigenvalue weighted by Crippen LogP contribution is -2.38. The van der Waals surface area contributed by atoms with Crippen LogP contribution in [0.5, 0.6) is 0 Å². The van der Waals surface area contributed by atoms with Gasteiger partial charge in [0.2, 0.25) is 5.91 Å². The van der Waals surface area contributed by atoms with Crippen molar-refractivity contribution in [2.24, 2.45) is 0 Å². The molecule has 0 spiro atoms. The zero-order valence-electron chi connectivity index (χ0n) is 25.3. The van der Waals surface area contributed by atoms with Crippen LogP contribution in [0.1, 0.15) is 30.5 Å². The molecule has 1 aromatic carbocycles. The molecule has 248 valence electrons. The number of likely N-dealkylation sites (N-methyl/N-ethyl adjacent to an activating group) is 1. The van der Waals surface area contributed by atoms with Gasteiger partial charge in [-0.15, -0.1) is 0 Å². The summed E-state index contributed by atoms with van der Waals surface area (Å²) >= 11 is 0. The van der Waals surface area contributed by atoms with Crippen molar-refractivity contribution in [2.45, 2.75) is 44.5 Å². The number of aromatic nitrogens is 3. The van der Waals surface area contributed by atoms with Gasteiger partial charge in [-0.3, -0.25) is 14.4 Å². The molecule has 1 unspecified atom stereocenters. The Kier molecular flexibility index (Phi) is 11.3. The van der Waals surface area contributed by atoms with Crippen molar-refractivity contribution in [3.05, 3.63) is 70.2 Å². The highest BCUT2D eigenvalue weighted by Crippen LogP contribution is 2.29. The Balaban J connectivity index is 1.91. The summed E-state index contributed by atoms with van der Waals surface area (Å²) in [5, 5.41) is 12.2. The molecule has 13 nitrogen and oxygen atoms in total. The summed E-state index contributed by atoms with van der Waals surface area (Å²) in [6.07, 6.45) is -5.21. The van der Waals surface area contributed by atoms with Crippen molar-refractivity contribution in [3.8, 4) is 0 Å². The van der Waals surface area contributed by atoms with Gasteiger partial charge in [0.05, 0.1) is 17.8 Å². The van der Waals surface area contributed by atoms with Crippen LogP contribution in [0.15, 0.2) is 47.5 Å². The molecule has 0 bridgehead atoms. The summed E-state index contributed by atoms with van der Waals surface area (Å²) in [5.74, 6) is -2.57. The number of carbonyl (C=O) groups excluding carboxylic acids is 3. The number of benzene rings is 1. The molecule has 0 fully saturated rings. The van der Waals surface area contributed by atoms with E-state index in [0.29, 0.717) is 4.57 Å². The van der Waals surface area contributed by atoms with Gasteiger partial charge in [-0.2, -0.15) is 13.2 Å². The molecule has 2 aromatic heterocycles. The number of amides is 3. The number of fused-ring (bicyclic) bond motifs is 1. The summed E-state index contributed by atoms with van der Waals surface area (Å²) in [5.41, 5.74) is -1.31. The molecular formula is C29H32F4N6O7. The second kappa shape index (κ2) is 14.7. The van der Waals surface area contributed by atoms with Crippen LogP contribution in [0.4, 0.5) is 33.0 Å². The van der Waals surface area contributed by atoms with Crippen LogP contribution >= 0.6 is 0 Å². The van der Waals surface area contributed by atoms with Crippen LogP contribution in [-0.2, 0) is 27.3 Å². The minimum atomic E-state index is -4.57. The standard InChI is InChI=1S/C29H32F4N6O7/c1-36(2)22(40)8-6-5-7-21(46-28(45)37(3)4)25(41)35-24-26(42)38(12-11-34-24)16-20-15-18-14-19(30)13-17(9-10-29(31,32)33)23(18)39(20)27(43)44/h6,8,11-15,21H,5,7,9-10,16H2,1-4H3,(H,43,44)(H,34,35,41). The SMILES string of the molecule is CN(C)C(=O)C=CCCC(OC(=O)N(C)C)C(=O)Nc1nccn(Cc2cc3cc(F)cc(CCC(F)(F)F)c3n2C(=O)O)c1=O. The second-order valence-corrected chi connectivity index (χ2v) is 10.5. The molecule has 0 aliphatic heterocycles. The summed E-state index contributed by atoms with van der Waals surface area (Å²) in [6, 6.07) is 3.04. The summed E-state index contributed by atoms with van der Waals surface area (Å²) < 4.78 is 59.9. The number of anilines is 1. The van der Waals surface area contributed by atoms with Gasteiger partial charge in [-0.25, -0.2) is 23.5 Å². The Hall–Kier alpha value is -5.22. The van der Waals surface area contributed by atoms with E-state index >= 15 is 0 Å². The van der Waals surface area contributed by atoms with Crippen LogP contribution in [0.3, 0.4) is 0 Å². The van der Waals surface area contributed by atoms with E-state index < -0.39 is 67.0 Å². The lowest BCUT2D eigenvalue weighted by atomic mass is 10.1. The molecular weight excluding hydrogens is 620 g/mol. The third kappa shape index (κ3) is 9.15. The number of nitrogens with zero attached hydrogens (tertiary/aromatic N) is 5. The van der Waals surface area contributed by atoms with E-state index in [4.69, 9.17) is 4.74 Å². The molecule has 0 saturated heterocycles. The number of aryl methyl sites for hydroxylation is 1. The van der Waals surface area contributed by atoms with Crippen molar-refractivity contribution in [1.82, 2.24) is 23.9 Å². The number of hydrogen-bond donors (Lipinski definition) is 2. The molecule has 3 aromatic rings. The van der Waals surface area contributed by atoms with E-state index in [9.17, 15) is 46.6 Å². The van der Waals surface area contributed by atoms with Gasteiger partial charge in [0.1, 0.15) is 5.82 Å². The Bertz CT molecular complexity index is 1710. The number of ether oxygens (including phenoxy) is 1. The zero-order valence-corrected chi connectivity index (χ0v) is 25.3. The molecule has 3 rings (SSSR count). The normalized spacial score (nSPS) is 12.3. The molecule has 2 N–H and O–H groups in total. The van der Waals surface area contributed by atoms with Gasteiger partial charge in [-0.1, -0.05) is 6.08 Å². The van der Waals surface area contributed by atoms with E-state index in [1.807, 2.05) is 0 Å². The molecule has 0 aliphatic carbocycles. The Morgan fingerprint density at radius 1 is 1.11 bits per heavy atom. The first kappa shape index (κ1) is 35.3. The minimum Gasteiger partial charge on any atom is -0.464 e. The first-order valence-corrected chi connectivity index (χ1v) is 13.7. The first-order chi connectivity index (χ1) is 21.5. The van der Waals surface area contributed by atoms with Crippen molar-refractivity contribution < 1.29 is 46.6 Å². The van der Waals surface area contributed by atoms with E-state index in [-0.39, 0.29) is 40.9 Å². The fraction of sp³-hybridized carbons (Fsp3) is 0.379. The van der Waals surface area contributed by atoms with E-state index in [1.54, 1.807) is 14.1 Å².